The van der Waals surface area contributed by atoms with Gasteiger partial charge in [0.1, 0.15) is 5.82 Å². The van der Waals surface area contributed by atoms with Crippen LogP contribution < -0.4 is 5.32 Å². The average Bonchev–Trinajstić information content (AvgIpc) is 2.41. The van der Waals surface area contributed by atoms with Crippen molar-refractivity contribution in [3.63, 3.8) is 0 Å². The molecule has 0 saturated carbocycles. The van der Waals surface area contributed by atoms with Gasteiger partial charge in [-0.25, -0.2) is 9.97 Å². The molecule has 2 aromatic rings. The standard InChI is InChI=1S/C11H9BrN4O2/c12-7-1-2-9(15-5-7)16-11(18)10-8(6-17)13-3-4-14-10/h1-5,17H,6H2,(H,15,16,18). The summed E-state index contributed by atoms with van der Waals surface area (Å²) in [7, 11) is 0. The van der Waals surface area contributed by atoms with Crippen molar-refractivity contribution in [2.45, 2.75) is 6.61 Å². The van der Waals surface area contributed by atoms with E-state index in [1.807, 2.05) is 0 Å². The van der Waals surface area contributed by atoms with Crippen molar-refractivity contribution in [3.8, 4) is 0 Å². The molecule has 18 heavy (non-hydrogen) atoms. The van der Waals surface area contributed by atoms with Gasteiger partial charge >= 0.3 is 0 Å². The zero-order valence-corrected chi connectivity index (χ0v) is 10.8. The number of anilines is 1. The number of carbonyl (C=O) groups excluding carboxylic acids is 1. The predicted molar refractivity (Wildman–Crippen MR) is 67.8 cm³/mol. The summed E-state index contributed by atoms with van der Waals surface area (Å²) in [5.74, 6) is -0.0558. The summed E-state index contributed by atoms with van der Waals surface area (Å²) >= 11 is 3.25. The number of halogens is 1. The lowest BCUT2D eigenvalue weighted by atomic mass is 10.3. The highest BCUT2D eigenvalue weighted by molar-refractivity contribution is 9.10. The molecule has 0 radical (unpaired) electrons. The molecule has 0 aliphatic carbocycles. The number of amides is 1. The van der Waals surface area contributed by atoms with Gasteiger partial charge in [0.15, 0.2) is 5.69 Å². The maximum atomic E-state index is 11.9. The molecular formula is C11H9BrN4O2. The summed E-state index contributed by atoms with van der Waals surface area (Å²) < 4.78 is 0.816. The fourth-order valence-corrected chi connectivity index (χ4v) is 1.53. The number of pyridine rings is 1. The summed E-state index contributed by atoms with van der Waals surface area (Å²) in [6.45, 7) is -0.343. The van der Waals surface area contributed by atoms with Crippen molar-refractivity contribution in [1.29, 1.82) is 0 Å². The van der Waals surface area contributed by atoms with Gasteiger partial charge in [-0.3, -0.25) is 9.78 Å². The van der Waals surface area contributed by atoms with E-state index in [2.05, 4.69) is 36.2 Å². The molecule has 0 aliphatic rings. The smallest absolute Gasteiger partial charge is 0.277 e. The Balaban J connectivity index is 2.19. The first-order valence-corrected chi connectivity index (χ1v) is 5.83. The molecule has 0 saturated heterocycles. The number of aliphatic hydroxyl groups is 1. The molecule has 0 aromatic carbocycles. The van der Waals surface area contributed by atoms with Gasteiger partial charge in [-0.05, 0) is 28.1 Å². The monoisotopic (exact) mass is 308 g/mol. The van der Waals surface area contributed by atoms with Crippen LogP contribution in [0, 0.1) is 0 Å². The summed E-state index contributed by atoms with van der Waals surface area (Å²) in [5.41, 5.74) is 0.317. The first-order valence-electron chi connectivity index (χ1n) is 5.04. The van der Waals surface area contributed by atoms with Crippen molar-refractivity contribution in [2.24, 2.45) is 0 Å². The number of hydrogen-bond acceptors (Lipinski definition) is 5. The lowest BCUT2D eigenvalue weighted by Gasteiger charge is -2.06. The Morgan fingerprint density at radius 3 is 2.72 bits per heavy atom. The molecule has 0 atom stereocenters. The van der Waals surface area contributed by atoms with E-state index < -0.39 is 5.91 Å². The Morgan fingerprint density at radius 1 is 1.28 bits per heavy atom. The molecule has 2 aromatic heterocycles. The Hall–Kier alpha value is -1.86. The second-order valence-electron chi connectivity index (χ2n) is 3.33. The van der Waals surface area contributed by atoms with Crippen LogP contribution in [-0.4, -0.2) is 26.0 Å². The number of aliphatic hydroxyl groups excluding tert-OH is 1. The number of carbonyl (C=O) groups is 1. The quantitative estimate of drug-likeness (QED) is 0.894. The second-order valence-corrected chi connectivity index (χ2v) is 4.24. The van der Waals surface area contributed by atoms with Gasteiger partial charge in [0.05, 0.1) is 12.3 Å². The van der Waals surface area contributed by atoms with Crippen molar-refractivity contribution in [2.75, 3.05) is 5.32 Å². The maximum absolute atomic E-state index is 11.9. The number of hydrogen-bond donors (Lipinski definition) is 2. The summed E-state index contributed by atoms with van der Waals surface area (Å²) in [6, 6.07) is 3.41. The third-order valence-corrected chi connectivity index (χ3v) is 2.58. The number of nitrogens with zero attached hydrogens (tertiary/aromatic N) is 3. The Morgan fingerprint density at radius 2 is 2.06 bits per heavy atom. The van der Waals surface area contributed by atoms with E-state index in [9.17, 15) is 4.79 Å². The third-order valence-electron chi connectivity index (χ3n) is 2.11. The zero-order chi connectivity index (χ0) is 13.0. The van der Waals surface area contributed by atoms with Gasteiger partial charge in [0.25, 0.3) is 5.91 Å². The first-order chi connectivity index (χ1) is 8.70. The van der Waals surface area contributed by atoms with Crippen LogP contribution in [0.2, 0.25) is 0 Å². The van der Waals surface area contributed by atoms with Gasteiger partial charge in [-0.2, -0.15) is 0 Å². The van der Waals surface area contributed by atoms with Crippen molar-refractivity contribution in [1.82, 2.24) is 15.0 Å². The molecule has 2 heterocycles. The largest absolute Gasteiger partial charge is 0.390 e. The Bertz CT molecular complexity index is 559. The van der Waals surface area contributed by atoms with Crippen LogP contribution in [0.3, 0.4) is 0 Å². The van der Waals surface area contributed by atoms with Gasteiger partial charge in [0.2, 0.25) is 0 Å². The average molecular weight is 309 g/mol. The number of aromatic nitrogens is 3. The van der Waals surface area contributed by atoms with Crippen LogP contribution in [0.4, 0.5) is 5.82 Å². The normalized spacial score (nSPS) is 10.1. The molecule has 0 aliphatic heterocycles. The third kappa shape index (κ3) is 2.88. The van der Waals surface area contributed by atoms with Crippen molar-refractivity contribution >= 4 is 27.7 Å². The van der Waals surface area contributed by atoms with Crippen LogP contribution in [0.5, 0.6) is 0 Å². The summed E-state index contributed by atoms with van der Waals surface area (Å²) in [4.78, 5) is 23.7. The van der Waals surface area contributed by atoms with Gasteiger partial charge in [-0.15, -0.1) is 0 Å². The number of nitrogens with one attached hydrogen (secondary N) is 1. The lowest BCUT2D eigenvalue weighted by Crippen LogP contribution is -2.17. The van der Waals surface area contributed by atoms with E-state index in [1.54, 1.807) is 18.3 Å². The minimum Gasteiger partial charge on any atom is -0.390 e. The Kier molecular flexibility index (Phi) is 3.96. The van der Waals surface area contributed by atoms with Crippen LogP contribution >= 0.6 is 15.9 Å². The number of rotatable bonds is 3. The molecule has 0 fully saturated rings. The maximum Gasteiger partial charge on any atom is 0.277 e. The molecular weight excluding hydrogens is 300 g/mol. The van der Waals surface area contributed by atoms with E-state index in [0.717, 1.165) is 4.47 Å². The highest BCUT2D eigenvalue weighted by Crippen LogP contribution is 2.11. The summed E-state index contributed by atoms with van der Waals surface area (Å²) in [6.07, 6.45) is 4.38. The van der Waals surface area contributed by atoms with E-state index in [-0.39, 0.29) is 18.0 Å². The fourth-order valence-electron chi connectivity index (χ4n) is 1.30. The SMILES string of the molecule is O=C(Nc1ccc(Br)cn1)c1nccnc1CO. The van der Waals surface area contributed by atoms with Gasteiger partial charge in [-0.1, -0.05) is 0 Å². The molecule has 0 spiro atoms. The molecule has 0 bridgehead atoms. The minimum atomic E-state index is -0.457. The van der Waals surface area contributed by atoms with E-state index in [4.69, 9.17) is 5.11 Å². The molecule has 2 N–H and O–H groups in total. The van der Waals surface area contributed by atoms with Gasteiger partial charge in [0, 0.05) is 23.1 Å². The minimum absolute atomic E-state index is 0.0877. The van der Waals surface area contributed by atoms with Crippen LogP contribution in [-0.2, 0) is 6.61 Å². The molecule has 0 unspecified atom stereocenters. The Labute approximate surface area is 111 Å². The van der Waals surface area contributed by atoms with E-state index >= 15 is 0 Å². The van der Waals surface area contributed by atoms with Gasteiger partial charge < -0.3 is 10.4 Å². The molecule has 2 rings (SSSR count). The van der Waals surface area contributed by atoms with Crippen LogP contribution in [0.25, 0.3) is 0 Å². The van der Waals surface area contributed by atoms with E-state index in [0.29, 0.717) is 5.82 Å². The van der Waals surface area contributed by atoms with Crippen LogP contribution in [0.15, 0.2) is 35.2 Å². The predicted octanol–water partition coefficient (Wildman–Crippen LogP) is 1.38. The topological polar surface area (TPSA) is 88.0 Å². The highest BCUT2D eigenvalue weighted by Gasteiger charge is 2.13. The molecule has 6 nitrogen and oxygen atoms in total. The van der Waals surface area contributed by atoms with Crippen LogP contribution in [0.1, 0.15) is 16.2 Å². The van der Waals surface area contributed by atoms with Crippen molar-refractivity contribution in [3.05, 3.63) is 46.6 Å². The van der Waals surface area contributed by atoms with E-state index in [1.165, 1.54) is 12.4 Å². The highest BCUT2D eigenvalue weighted by atomic mass is 79.9. The first kappa shape index (κ1) is 12.6. The summed E-state index contributed by atoms with van der Waals surface area (Å²) in [5, 5.41) is 11.6. The van der Waals surface area contributed by atoms with Crippen molar-refractivity contribution < 1.29 is 9.90 Å². The second kappa shape index (κ2) is 5.65. The molecule has 7 heteroatoms. The molecule has 1 amide bonds. The zero-order valence-electron chi connectivity index (χ0n) is 9.17. The molecule has 92 valence electrons. The lowest BCUT2D eigenvalue weighted by molar-refractivity contribution is 0.101. The fraction of sp³-hybridized carbons (Fsp3) is 0.0909.